The van der Waals surface area contributed by atoms with Crippen LogP contribution in [0.25, 0.3) is 0 Å². The molecule has 0 aliphatic rings. The number of carbonyl (C=O) groups is 1. The van der Waals surface area contributed by atoms with Gasteiger partial charge in [-0.05, 0) is 37.1 Å². The van der Waals surface area contributed by atoms with E-state index in [9.17, 15) is 4.79 Å². The van der Waals surface area contributed by atoms with Crippen LogP contribution in [-0.4, -0.2) is 10.9 Å². The number of aromatic nitrogens is 1. The number of benzene rings is 1. The van der Waals surface area contributed by atoms with Gasteiger partial charge in [-0.1, -0.05) is 6.07 Å². The van der Waals surface area contributed by atoms with E-state index in [1.165, 1.54) is 16.9 Å². The number of rotatable bonds is 2. The monoisotopic (exact) mass is 232 g/mol. The minimum atomic E-state index is -0.162. The standard InChI is InChI=1S/C12H12N2OS/c1-8-3-4-10(5-9(8)2)14-12(15)11-6-16-7-13-11/h3-7H,1-2H3,(H,14,15). The van der Waals surface area contributed by atoms with Gasteiger partial charge in [0.25, 0.3) is 5.91 Å². The maximum Gasteiger partial charge on any atom is 0.275 e. The lowest BCUT2D eigenvalue weighted by Crippen LogP contribution is -2.12. The highest BCUT2D eigenvalue weighted by atomic mass is 32.1. The number of aryl methyl sites for hydroxylation is 2. The van der Waals surface area contributed by atoms with Gasteiger partial charge < -0.3 is 5.32 Å². The molecule has 2 rings (SSSR count). The van der Waals surface area contributed by atoms with Crippen LogP contribution in [0, 0.1) is 13.8 Å². The van der Waals surface area contributed by atoms with Crippen molar-refractivity contribution in [3.05, 3.63) is 45.9 Å². The first-order chi connectivity index (χ1) is 7.66. The van der Waals surface area contributed by atoms with Crippen LogP contribution >= 0.6 is 11.3 Å². The summed E-state index contributed by atoms with van der Waals surface area (Å²) in [6, 6.07) is 5.85. The third-order valence-electron chi connectivity index (χ3n) is 2.43. The Bertz CT molecular complexity index is 506. The Labute approximate surface area is 98.2 Å². The molecule has 0 aliphatic carbocycles. The van der Waals surface area contributed by atoms with E-state index in [0.717, 1.165) is 11.3 Å². The van der Waals surface area contributed by atoms with Gasteiger partial charge in [-0.15, -0.1) is 11.3 Å². The summed E-state index contributed by atoms with van der Waals surface area (Å²) in [5.41, 5.74) is 5.29. The quantitative estimate of drug-likeness (QED) is 0.864. The van der Waals surface area contributed by atoms with E-state index in [4.69, 9.17) is 0 Å². The summed E-state index contributed by atoms with van der Waals surface area (Å²) >= 11 is 1.41. The molecule has 1 aromatic heterocycles. The molecule has 0 spiro atoms. The van der Waals surface area contributed by atoms with Gasteiger partial charge in [0.15, 0.2) is 0 Å². The Morgan fingerprint density at radius 2 is 2.12 bits per heavy atom. The van der Waals surface area contributed by atoms with Crippen molar-refractivity contribution < 1.29 is 4.79 Å². The molecule has 4 heteroatoms. The number of anilines is 1. The van der Waals surface area contributed by atoms with Crippen LogP contribution in [0.15, 0.2) is 29.1 Å². The smallest absolute Gasteiger partial charge is 0.275 e. The molecule has 1 N–H and O–H groups in total. The minimum Gasteiger partial charge on any atom is -0.321 e. The van der Waals surface area contributed by atoms with Crippen LogP contribution < -0.4 is 5.32 Å². The van der Waals surface area contributed by atoms with Crippen LogP contribution in [-0.2, 0) is 0 Å². The predicted molar refractivity (Wildman–Crippen MR) is 66.0 cm³/mol. The number of nitrogens with one attached hydrogen (secondary N) is 1. The normalized spacial score (nSPS) is 10.1. The molecule has 3 nitrogen and oxygen atoms in total. The zero-order chi connectivity index (χ0) is 11.5. The van der Waals surface area contributed by atoms with Crippen molar-refractivity contribution in [2.45, 2.75) is 13.8 Å². The molecule has 1 amide bonds. The predicted octanol–water partition coefficient (Wildman–Crippen LogP) is 3.01. The first-order valence-electron chi connectivity index (χ1n) is 4.93. The van der Waals surface area contributed by atoms with Crippen molar-refractivity contribution in [3.63, 3.8) is 0 Å². The highest BCUT2D eigenvalue weighted by molar-refractivity contribution is 7.07. The first kappa shape index (κ1) is 10.8. The number of hydrogen-bond donors (Lipinski definition) is 1. The minimum absolute atomic E-state index is 0.162. The molecule has 1 heterocycles. The molecule has 0 fully saturated rings. The van der Waals surface area contributed by atoms with Gasteiger partial charge in [0.1, 0.15) is 5.69 Å². The fourth-order valence-electron chi connectivity index (χ4n) is 1.34. The summed E-state index contributed by atoms with van der Waals surface area (Å²) in [6.07, 6.45) is 0. The van der Waals surface area contributed by atoms with Crippen LogP contribution in [0.1, 0.15) is 21.6 Å². The van der Waals surface area contributed by atoms with Crippen LogP contribution in [0.3, 0.4) is 0 Å². The average molecular weight is 232 g/mol. The molecule has 0 bridgehead atoms. The largest absolute Gasteiger partial charge is 0.321 e. The van der Waals surface area contributed by atoms with Gasteiger partial charge in [0.05, 0.1) is 5.51 Å². The molecule has 0 saturated carbocycles. The van der Waals surface area contributed by atoms with Gasteiger partial charge in [0.2, 0.25) is 0 Å². The molecule has 0 radical (unpaired) electrons. The summed E-state index contributed by atoms with van der Waals surface area (Å²) in [6.45, 7) is 4.06. The van der Waals surface area contributed by atoms with Gasteiger partial charge in [-0.3, -0.25) is 4.79 Å². The van der Waals surface area contributed by atoms with Crippen molar-refractivity contribution >= 4 is 22.9 Å². The van der Waals surface area contributed by atoms with Crippen LogP contribution in [0.4, 0.5) is 5.69 Å². The van der Waals surface area contributed by atoms with E-state index in [1.54, 1.807) is 10.9 Å². The Balaban J connectivity index is 2.15. The molecule has 82 valence electrons. The van der Waals surface area contributed by atoms with E-state index >= 15 is 0 Å². The fraction of sp³-hybridized carbons (Fsp3) is 0.167. The Morgan fingerprint density at radius 3 is 2.75 bits per heavy atom. The Morgan fingerprint density at radius 1 is 1.31 bits per heavy atom. The highest BCUT2D eigenvalue weighted by Crippen LogP contribution is 2.15. The summed E-state index contributed by atoms with van der Waals surface area (Å²) in [4.78, 5) is 15.7. The highest BCUT2D eigenvalue weighted by Gasteiger charge is 2.07. The van der Waals surface area contributed by atoms with Gasteiger partial charge in [-0.25, -0.2) is 4.98 Å². The number of amides is 1. The van der Waals surface area contributed by atoms with Crippen molar-refractivity contribution in [3.8, 4) is 0 Å². The SMILES string of the molecule is Cc1ccc(NC(=O)c2cscn2)cc1C. The van der Waals surface area contributed by atoms with Crippen LogP contribution in [0.5, 0.6) is 0 Å². The molecule has 0 atom stereocenters. The third kappa shape index (κ3) is 2.28. The molecule has 0 saturated heterocycles. The molecule has 16 heavy (non-hydrogen) atoms. The van der Waals surface area contributed by atoms with E-state index in [2.05, 4.69) is 10.3 Å². The second kappa shape index (κ2) is 4.45. The zero-order valence-corrected chi connectivity index (χ0v) is 9.97. The topological polar surface area (TPSA) is 42.0 Å². The number of nitrogens with zero attached hydrogens (tertiary/aromatic N) is 1. The molecular weight excluding hydrogens is 220 g/mol. The molecule has 0 unspecified atom stereocenters. The molecule has 2 aromatic rings. The van der Waals surface area contributed by atoms with E-state index in [1.807, 2.05) is 32.0 Å². The van der Waals surface area contributed by atoms with Crippen molar-refractivity contribution in [2.24, 2.45) is 0 Å². The number of hydrogen-bond acceptors (Lipinski definition) is 3. The summed E-state index contributed by atoms with van der Waals surface area (Å²) < 4.78 is 0. The second-order valence-corrected chi connectivity index (χ2v) is 4.35. The van der Waals surface area contributed by atoms with Gasteiger partial charge in [0, 0.05) is 11.1 Å². The van der Waals surface area contributed by atoms with E-state index in [0.29, 0.717) is 5.69 Å². The summed E-state index contributed by atoms with van der Waals surface area (Å²) in [5, 5.41) is 4.55. The summed E-state index contributed by atoms with van der Waals surface area (Å²) in [7, 11) is 0. The van der Waals surface area contributed by atoms with Gasteiger partial charge in [-0.2, -0.15) is 0 Å². The van der Waals surface area contributed by atoms with E-state index < -0.39 is 0 Å². The lowest BCUT2D eigenvalue weighted by atomic mass is 10.1. The lowest BCUT2D eigenvalue weighted by molar-refractivity contribution is 0.102. The zero-order valence-electron chi connectivity index (χ0n) is 9.15. The number of thiazole rings is 1. The average Bonchev–Trinajstić information content (AvgIpc) is 2.77. The molecular formula is C12H12N2OS. The van der Waals surface area contributed by atoms with E-state index in [-0.39, 0.29) is 5.91 Å². The Hall–Kier alpha value is -1.68. The van der Waals surface area contributed by atoms with Crippen LogP contribution in [0.2, 0.25) is 0 Å². The summed E-state index contributed by atoms with van der Waals surface area (Å²) in [5.74, 6) is -0.162. The second-order valence-electron chi connectivity index (χ2n) is 3.63. The maximum absolute atomic E-state index is 11.7. The molecule has 1 aromatic carbocycles. The fourth-order valence-corrected chi connectivity index (χ4v) is 1.87. The first-order valence-corrected chi connectivity index (χ1v) is 5.88. The number of carbonyl (C=O) groups excluding carboxylic acids is 1. The van der Waals surface area contributed by atoms with Crippen molar-refractivity contribution in [2.75, 3.05) is 5.32 Å². The third-order valence-corrected chi connectivity index (χ3v) is 3.02. The van der Waals surface area contributed by atoms with Crippen molar-refractivity contribution in [1.82, 2.24) is 4.98 Å². The lowest BCUT2D eigenvalue weighted by Gasteiger charge is -2.06. The van der Waals surface area contributed by atoms with Crippen molar-refractivity contribution in [1.29, 1.82) is 0 Å². The Kier molecular flexibility index (Phi) is 3.01. The molecule has 0 aliphatic heterocycles. The maximum atomic E-state index is 11.7. The van der Waals surface area contributed by atoms with Gasteiger partial charge >= 0.3 is 0 Å².